The van der Waals surface area contributed by atoms with E-state index in [0.29, 0.717) is 5.76 Å². The quantitative estimate of drug-likeness (QED) is 0.206. The number of aromatic nitrogens is 1. The number of ether oxygens (including phenoxy) is 3. The average molecular weight is 601 g/mol. The van der Waals surface area contributed by atoms with Crippen molar-refractivity contribution >= 4 is 23.4 Å². The molecule has 0 saturated heterocycles. The van der Waals surface area contributed by atoms with Gasteiger partial charge in [-0.2, -0.15) is 0 Å². The molecule has 1 atom stereocenters. The van der Waals surface area contributed by atoms with Crippen molar-refractivity contribution in [2.24, 2.45) is 0 Å². The van der Waals surface area contributed by atoms with Crippen LogP contribution in [0.25, 0.3) is 5.57 Å². The predicted molar refractivity (Wildman–Crippen MR) is 172 cm³/mol. The third kappa shape index (κ3) is 8.34. The minimum Gasteiger partial charge on any atom is -0.493 e. The number of methoxy groups -OCH3 is 1. The van der Waals surface area contributed by atoms with Crippen molar-refractivity contribution in [3.05, 3.63) is 94.5 Å². The standard InChI is InChI=1S/C36H44N2O6/c1-11-29(39)44-32-28(42-10)20-21-37-31(32)33(40)38-22(2)34(41)43-23(3)30(24-12-16-26(17-13-24)35(4,5)6)25-14-18-27(19-15-25)36(7,8)9/h12-22H,11H2,1-10H3,(H,38,40)/t22-/m0/s1. The summed E-state index contributed by atoms with van der Waals surface area (Å²) in [4.78, 5) is 42.5. The highest BCUT2D eigenvalue weighted by atomic mass is 16.6. The van der Waals surface area contributed by atoms with Crippen molar-refractivity contribution in [1.29, 1.82) is 0 Å². The van der Waals surface area contributed by atoms with E-state index >= 15 is 0 Å². The summed E-state index contributed by atoms with van der Waals surface area (Å²) in [6.07, 6.45) is 1.45. The van der Waals surface area contributed by atoms with Crippen molar-refractivity contribution in [2.45, 2.75) is 85.6 Å². The van der Waals surface area contributed by atoms with E-state index in [2.05, 4.69) is 76.1 Å². The highest BCUT2D eigenvalue weighted by Crippen LogP contribution is 2.33. The molecule has 0 spiro atoms. The molecule has 0 bridgehead atoms. The van der Waals surface area contributed by atoms with E-state index in [1.54, 1.807) is 13.8 Å². The van der Waals surface area contributed by atoms with Crippen LogP contribution < -0.4 is 14.8 Å². The Labute approximate surface area is 260 Å². The van der Waals surface area contributed by atoms with Crippen LogP contribution >= 0.6 is 0 Å². The normalized spacial score (nSPS) is 12.1. The molecule has 234 valence electrons. The van der Waals surface area contributed by atoms with Crippen LogP contribution in [0.2, 0.25) is 0 Å². The summed E-state index contributed by atoms with van der Waals surface area (Å²) in [5.41, 5.74) is 4.71. The third-order valence-corrected chi connectivity index (χ3v) is 7.19. The fourth-order valence-corrected chi connectivity index (χ4v) is 4.50. The van der Waals surface area contributed by atoms with E-state index in [-0.39, 0.29) is 34.4 Å². The molecule has 0 saturated carbocycles. The molecule has 3 rings (SSSR count). The summed E-state index contributed by atoms with van der Waals surface area (Å²) in [6.45, 7) is 17.8. The van der Waals surface area contributed by atoms with Gasteiger partial charge in [0.2, 0.25) is 5.75 Å². The minimum absolute atomic E-state index is 0.0156. The number of rotatable bonds is 9. The zero-order chi connectivity index (χ0) is 32.8. The van der Waals surface area contributed by atoms with Gasteiger partial charge in [0.1, 0.15) is 11.8 Å². The van der Waals surface area contributed by atoms with Gasteiger partial charge in [-0.05, 0) is 46.9 Å². The lowest BCUT2D eigenvalue weighted by Gasteiger charge is -2.22. The zero-order valence-electron chi connectivity index (χ0n) is 27.5. The maximum atomic E-state index is 13.3. The number of nitrogens with zero attached hydrogens (tertiary/aromatic N) is 1. The highest BCUT2D eigenvalue weighted by molar-refractivity contribution is 5.99. The predicted octanol–water partition coefficient (Wildman–Crippen LogP) is 7.14. The van der Waals surface area contributed by atoms with E-state index in [0.717, 1.165) is 16.7 Å². The molecule has 44 heavy (non-hydrogen) atoms. The molecule has 1 aromatic heterocycles. The maximum absolute atomic E-state index is 13.3. The first-order chi connectivity index (χ1) is 20.6. The number of carbonyl (C=O) groups is 3. The number of esters is 2. The van der Waals surface area contributed by atoms with Gasteiger partial charge in [-0.25, -0.2) is 9.78 Å². The molecule has 8 heteroatoms. The summed E-state index contributed by atoms with van der Waals surface area (Å²) in [5.74, 6) is -1.50. The molecule has 8 nitrogen and oxygen atoms in total. The van der Waals surface area contributed by atoms with Crippen molar-refractivity contribution < 1.29 is 28.6 Å². The summed E-state index contributed by atoms with van der Waals surface area (Å²) < 4.78 is 16.4. The maximum Gasteiger partial charge on any atom is 0.333 e. The Bertz CT molecular complexity index is 1470. The van der Waals surface area contributed by atoms with Gasteiger partial charge in [0, 0.05) is 24.3 Å². The van der Waals surface area contributed by atoms with Crippen molar-refractivity contribution in [2.75, 3.05) is 7.11 Å². The monoisotopic (exact) mass is 600 g/mol. The summed E-state index contributed by atoms with van der Waals surface area (Å²) in [5, 5.41) is 2.61. The van der Waals surface area contributed by atoms with Gasteiger partial charge in [0.25, 0.3) is 5.91 Å². The Kier molecular flexibility index (Phi) is 10.7. The van der Waals surface area contributed by atoms with Gasteiger partial charge in [-0.1, -0.05) is 97.0 Å². The van der Waals surface area contributed by atoms with Crippen LogP contribution in [0.3, 0.4) is 0 Å². The Morgan fingerprint density at radius 2 is 1.34 bits per heavy atom. The van der Waals surface area contributed by atoms with E-state index in [9.17, 15) is 14.4 Å². The van der Waals surface area contributed by atoms with Crippen LogP contribution in [-0.2, 0) is 25.2 Å². The molecule has 0 aliphatic rings. The topological polar surface area (TPSA) is 104 Å². The summed E-state index contributed by atoms with van der Waals surface area (Å²) in [6, 6.07) is 16.9. The SMILES string of the molecule is CCC(=O)Oc1c(OC)ccnc1C(=O)N[C@@H](C)C(=O)OC(C)=C(c1ccc(C(C)(C)C)cc1)c1ccc(C(C)(C)C)cc1. The van der Waals surface area contributed by atoms with Crippen LogP contribution in [-0.4, -0.2) is 36.0 Å². The van der Waals surface area contributed by atoms with Crippen molar-refractivity contribution in [3.63, 3.8) is 0 Å². The highest BCUT2D eigenvalue weighted by Gasteiger charge is 2.26. The van der Waals surface area contributed by atoms with Crippen molar-refractivity contribution in [3.8, 4) is 11.5 Å². The second kappa shape index (κ2) is 13.9. The number of carbonyl (C=O) groups excluding carboxylic acids is 3. The van der Waals surface area contributed by atoms with E-state index in [1.807, 2.05) is 24.3 Å². The number of nitrogens with one attached hydrogen (secondary N) is 1. The number of allylic oxidation sites excluding steroid dienone is 1. The molecule has 0 aliphatic heterocycles. The van der Waals surface area contributed by atoms with Crippen molar-refractivity contribution in [1.82, 2.24) is 10.3 Å². The molecule has 1 heterocycles. The van der Waals surface area contributed by atoms with Gasteiger partial charge in [0.05, 0.1) is 7.11 Å². The van der Waals surface area contributed by atoms with Gasteiger partial charge in [-0.15, -0.1) is 0 Å². The molecule has 1 amide bonds. The lowest BCUT2D eigenvalue weighted by Crippen LogP contribution is -2.40. The third-order valence-electron chi connectivity index (χ3n) is 7.19. The fraction of sp³-hybridized carbons (Fsp3) is 0.389. The molecule has 2 aromatic carbocycles. The summed E-state index contributed by atoms with van der Waals surface area (Å²) in [7, 11) is 1.39. The zero-order valence-corrected chi connectivity index (χ0v) is 27.5. The first-order valence-electron chi connectivity index (χ1n) is 14.8. The largest absolute Gasteiger partial charge is 0.493 e. The van der Waals surface area contributed by atoms with Gasteiger partial charge in [0.15, 0.2) is 11.4 Å². The van der Waals surface area contributed by atoms with Gasteiger partial charge in [-0.3, -0.25) is 9.59 Å². The Balaban J connectivity index is 1.93. The Morgan fingerprint density at radius 1 is 0.841 bits per heavy atom. The van der Waals surface area contributed by atoms with Crippen LogP contribution in [0.15, 0.2) is 66.6 Å². The fourth-order valence-electron chi connectivity index (χ4n) is 4.50. The Hall–Kier alpha value is -4.46. The molecule has 0 fully saturated rings. The lowest BCUT2D eigenvalue weighted by atomic mass is 9.84. The molecule has 3 aromatic rings. The van der Waals surface area contributed by atoms with Crippen LogP contribution in [0, 0.1) is 0 Å². The number of pyridine rings is 1. The van der Waals surface area contributed by atoms with Gasteiger partial charge < -0.3 is 19.5 Å². The molecule has 0 aliphatic carbocycles. The average Bonchev–Trinajstić information content (AvgIpc) is 2.96. The molecular formula is C36H44N2O6. The van der Waals surface area contributed by atoms with E-state index in [1.165, 1.54) is 37.4 Å². The van der Waals surface area contributed by atoms with Crippen LogP contribution in [0.5, 0.6) is 11.5 Å². The van der Waals surface area contributed by atoms with E-state index in [4.69, 9.17) is 14.2 Å². The molecule has 1 N–H and O–H groups in total. The van der Waals surface area contributed by atoms with E-state index < -0.39 is 23.9 Å². The number of amides is 1. The second-order valence-corrected chi connectivity index (χ2v) is 12.7. The lowest BCUT2D eigenvalue weighted by molar-refractivity contribution is -0.141. The number of benzene rings is 2. The van der Waals surface area contributed by atoms with Crippen LogP contribution in [0.4, 0.5) is 0 Å². The summed E-state index contributed by atoms with van der Waals surface area (Å²) >= 11 is 0. The number of hydrogen-bond donors (Lipinski definition) is 1. The number of hydrogen-bond acceptors (Lipinski definition) is 7. The Morgan fingerprint density at radius 3 is 1.77 bits per heavy atom. The molecular weight excluding hydrogens is 556 g/mol. The molecule has 0 radical (unpaired) electrons. The minimum atomic E-state index is -1.05. The van der Waals surface area contributed by atoms with Crippen LogP contribution in [0.1, 0.15) is 101 Å². The smallest absolute Gasteiger partial charge is 0.333 e. The second-order valence-electron chi connectivity index (χ2n) is 12.7. The first-order valence-corrected chi connectivity index (χ1v) is 14.8. The van der Waals surface area contributed by atoms with Gasteiger partial charge >= 0.3 is 11.9 Å². The molecule has 0 unspecified atom stereocenters. The first kappa shape index (κ1) is 34.0.